The molecule has 0 spiro atoms. The number of rotatable bonds is 3. The lowest BCUT2D eigenvalue weighted by atomic mass is 9.99. The van der Waals surface area contributed by atoms with E-state index in [0.29, 0.717) is 5.78 Å². The standard InChI is InChI=1S/C11H16N2O/c1-2-13-8-9(7-12-13)6-10-4-3-5-11(10)14/h7-8,10H,2-6H2,1H3. The van der Waals surface area contributed by atoms with Gasteiger partial charge in [0.15, 0.2) is 0 Å². The molecule has 1 aliphatic carbocycles. The normalized spacial score (nSPS) is 21.8. The predicted octanol–water partition coefficient (Wildman–Crippen LogP) is 1.81. The summed E-state index contributed by atoms with van der Waals surface area (Å²) in [5.74, 6) is 0.707. The summed E-state index contributed by atoms with van der Waals surface area (Å²) in [6, 6.07) is 0. The molecule has 1 saturated carbocycles. The number of aryl methyl sites for hydroxylation is 1. The van der Waals surface area contributed by atoms with Gasteiger partial charge in [-0.25, -0.2) is 0 Å². The van der Waals surface area contributed by atoms with E-state index in [2.05, 4.69) is 12.0 Å². The lowest BCUT2D eigenvalue weighted by Gasteiger charge is -2.04. The van der Waals surface area contributed by atoms with Crippen LogP contribution in [0.3, 0.4) is 0 Å². The Morgan fingerprint density at radius 3 is 3.07 bits per heavy atom. The molecule has 0 N–H and O–H groups in total. The summed E-state index contributed by atoms with van der Waals surface area (Å²) in [5.41, 5.74) is 1.20. The highest BCUT2D eigenvalue weighted by Crippen LogP contribution is 2.24. The largest absolute Gasteiger partial charge is 0.299 e. The average Bonchev–Trinajstić information content (AvgIpc) is 2.77. The monoisotopic (exact) mass is 192 g/mol. The fourth-order valence-electron chi connectivity index (χ4n) is 2.07. The van der Waals surface area contributed by atoms with Crippen molar-refractivity contribution in [3.8, 4) is 0 Å². The van der Waals surface area contributed by atoms with E-state index in [-0.39, 0.29) is 5.92 Å². The minimum Gasteiger partial charge on any atom is -0.299 e. The van der Waals surface area contributed by atoms with E-state index in [1.807, 2.05) is 17.1 Å². The molecule has 1 aliphatic rings. The Morgan fingerprint density at radius 2 is 2.50 bits per heavy atom. The summed E-state index contributed by atoms with van der Waals surface area (Å²) in [6.07, 6.45) is 7.74. The minimum atomic E-state index is 0.268. The summed E-state index contributed by atoms with van der Waals surface area (Å²) in [6.45, 7) is 2.97. The summed E-state index contributed by atoms with van der Waals surface area (Å²) in [7, 11) is 0. The first-order chi connectivity index (χ1) is 6.79. The number of hydrogen-bond donors (Lipinski definition) is 0. The molecule has 1 fully saturated rings. The zero-order chi connectivity index (χ0) is 9.97. The second kappa shape index (κ2) is 3.95. The van der Waals surface area contributed by atoms with Crippen molar-refractivity contribution in [3.05, 3.63) is 18.0 Å². The van der Waals surface area contributed by atoms with Gasteiger partial charge in [-0.15, -0.1) is 0 Å². The number of Topliss-reactive ketones (excluding diaryl/α,β-unsaturated/α-hetero) is 1. The maximum absolute atomic E-state index is 11.4. The Kier molecular flexibility index (Phi) is 2.66. The van der Waals surface area contributed by atoms with E-state index in [0.717, 1.165) is 32.2 Å². The van der Waals surface area contributed by atoms with E-state index in [4.69, 9.17) is 0 Å². The van der Waals surface area contributed by atoms with Gasteiger partial charge in [0.05, 0.1) is 6.20 Å². The van der Waals surface area contributed by atoms with E-state index in [1.165, 1.54) is 5.56 Å². The van der Waals surface area contributed by atoms with Crippen LogP contribution in [0.25, 0.3) is 0 Å². The molecule has 0 radical (unpaired) electrons. The first-order valence-corrected chi connectivity index (χ1v) is 5.33. The molecular formula is C11H16N2O. The van der Waals surface area contributed by atoms with Gasteiger partial charge in [-0.2, -0.15) is 5.10 Å². The number of carbonyl (C=O) groups excluding carboxylic acids is 1. The zero-order valence-electron chi connectivity index (χ0n) is 8.57. The van der Waals surface area contributed by atoms with Crippen LogP contribution in [0.4, 0.5) is 0 Å². The summed E-state index contributed by atoms with van der Waals surface area (Å²) in [5, 5.41) is 4.21. The lowest BCUT2D eigenvalue weighted by molar-refractivity contribution is -0.120. The first kappa shape index (κ1) is 9.44. The fourth-order valence-corrected chi connectivity index (χ4v) is 2.07. The first-order valence-electron chi connectivity index (χ1n) is 5.33. The van der Waals surface area contributed by atoms with Gasteiger partial charge >= 0.3 is 0 Å². The van der Waals surface area contributed by atoms with Crippen LogP contribution in [-0.4, -0.2) is 15.6 Å². The van der Waals surface area contributed by atoms with Crippen molar-refractivity contribution in [1.82, 2.24) is 9.78 Å². The summed E-state index contributed by atoms with van der Waals surface area (Å²) in [4.78, 5) is 11.4. The molecule has 1 aromatic heterocycles. The van der Waals surface area contributed by atoms with Crippen LogP contribution in [0, 0.1) is 5.92 Å². The van der Waals surface area contributed by atoms with Crippen LogP contribution in [0.15, 0.2) is 12.4 Å². The average molecular weight is 192 g/mol. The SMILES string of the molecule is CCn1cc(CC2CCCC2=O)cn1. The lowest BCUT2D eigenvalue weighted by Crippen LogP contribution is -2.08. The molecule has 1 heterocycles. The number of carbonyl (C=O) groups is 1. The minimum absolute atomic E-state index is 0.268. The highest BCUT2D eigenvalue weighted by Gasteiger charge is 2.24. The molecule has 2 rings (SSSR count). The van der Waals surface area contributed by atoms with Crippen molar-refractivity contribution >= 4 is 5.78 Å². The summed E-state index contributed by atoms with van der Waals surface area (Å²) < 4.78 is 1.91. The van der Waals surface area contributed by atoms with E-state index >= 15 is 0 Å². The highest BCUT2D eigenvalue weighted by molar-refractivity contribution is 5.83. The van der Waals surface area contributed by atoms with Gasteiger partial charge in [0.25, 0.3) is 0 Å². The van der Waals surface area contributed by atoms with Gasteiger partial charge in [-0.05, 0) is 31.7 Å². The molecule has 0 aliphatic heterocycles. The van der Waals surface area contributed by atoms with Gasteiger partial charge in [0.1, 0.15) is 5.78 Å². The van der Waals surface area contributed by atoms with Gasteiger partial charge < -0.3 is 0 Å². The van der Waals surface area contributed by atoms with Crippen molar-refractivity contribution in [3.63, 3.8) is 0 Å². The third kappa shape index (κ3) is 1.86. The van der Waals surface area contributed by atoms with Crippen molar-refractivity contribution in [2.24, 2.45) is 5.92 Å². The molecular weight excluding hydrogens is 176 g/mol. The fraction of sp³-hybridized carbons (Fsp3) is 0.636. The molecule has 0 bridgehead atoms. The molecule has 1 aromatic rings. The highest BCUT2D eigenvalue weighted by atomic mass is 16.1. The van der Waals surface area contributed by atoms with Gasteiger partial charge in [-0.1, -0.05) is 0 Å². The molecule has 3 heteroatoms. The molecule has 14 heavy (non-hydrogen) atoms. The number of nitrogens with zero attached hydrogens (tertiary/aromatic N) is 2. The number of ketones is 1. The quantitative estimate of drug-likeness (QED) is 0.732. The Bertz CT molecular complexity index is 330. The van der Waals surface area contributed by atoms with Crippen LogP contribution in [0.1, 0.15) is 31.7 Å². The van der Waals surface area contributed by atoms with Gasteiger partial charge in [-0.3, -0.25) is 9.48 Å². The Balaban J connectivity index is 1.99. The Labute approximate surface area is 84.1 Å². The molecule has 76 valence electrons. The molecule has 0 aromatic carbocycles. The van der Waals surface area contributed by atoms with E-state index in [9.17, 15) is 4.79 Å². The van der Waals surface area contributed by atoms with Crippen molar-refractivity contribution in [2.45, 2.75) is 39.2 Å². The molecule has 0 saturated heterocycles. The van der Waals surface area contributed by atoms with Crippen LogP contribution >= 0.6 is 0 Å². The second-order valence-electron chi connectivity index (χ2n) is 3.96. The van der Waals surface area contributed by atoms with Crippen molar-refractivity contribution in [2.75, 3.05) is 0 Å². The van der Waals surface area contributed by atoms with Crippen molar-refractivity contribution in [1.29, 1.82) is 0 Å². The predicted molar refractivity (Wildman–Crippen MR) is 54.0 cm³/mol. The second-order valence-corrected chi connectivity index (χ2v) is 3.96. The van der Waals surface area contributed by atoms with Crippen LogP contribution in [-0.2, 0) is 17.8 Å². The summed E-state index contributed by atoms with van der Waals surface area (Å²) >= 11 is 0. The van der Waals surface area contributed by atoms with Gasteiger partial charge in [0.2, 0.25) is 0 Å². The van der Waals surface area contributed by atoms with Crippen LogP contribution in [0.5, 0.6) is 0 Å². The topological polar surface area (TPSA) is 34.9 Å². The Morgan fingerprint density at radius 1 is 1.64 bits per heavy atom. The number of hydrogen-bond acceptors (Lipinski definition) is 2. The van der Waals surface area contributed by atoms with E-state index in [1.54, 1.807) is 0 Å². The maximum Gasteiger partial charge on any atom is 0.136 e. The number of aromatic nitrogens is 2. The van der Waals surface area contributed by atoms with Crippen LogP contribution < -0.4 is 0 Å². The molecule has 1 atom stereocenters. The molecule has 0 amide bonds. The van der Waals surface area contributed by atoms with E-state index < -0.39 is 0 Å². The van der Waals surface area contributed by atoms with Gasteiger partial charge in [0, 0.05) is 25.1 Å². The third-order valence-corrected chi connectivity index (χ3v) is 2.92. The maximum atomic E-state index is 11.4. The Hall–Kier alpha value is -1.12. The van der Waals surface area contributed by atoms with Crippen molar-refractivity contribution < 1.29 is 4.79 Å². The molecule has 1 unspecified atom stereocenters. The molecule has 3 nitrogen and oxygen atoms in total. The van der Waals surface area contributed by atoms with Crippen LogP contribution in [0.2, 0.25) is 0 Å². The smallest absolute Gasteiger partial charge is 0.136 e. The third-order valence-electron chi connectivity index (χ3n) is 2.92. The zero-order valence-corrected chi connectivity index (χ0v) is 8.57.